The van der Waals surface area contributed by atoms with E-state index in [1.807, 2.05) is 6.92 Å². The van der Waals surface area contributed by atoms with Gasteiger partial charge in [-0.1, -0.05) is 53.2 Å². The van der Waals surface area contributed by atoms with Gasteiger partial charge in [-0.3, -0.25) is 0 Å². The van der Waals surface area contributed by atoms with Crippen molar-refractivity contribution in [2.75, 3.05) is 6.61 Å². The summed E-state index contributed by atoms with van der Waals surface area (Å²) in [5.74, 6) is 4.45. The van der Waals surface area contributed by atoms with Crippen LogP contribution in [-0.4, -0.2) is 48.6 Å². The fraction of sp³-hybridized carbons (Fsp3) is 0.952. The molecule has 2 spiro atoms. The third kappa shape index (κ3) is 4.45. The maximum atomic E-state index is 7.06. The van der Waals surface area contributed by atoms with Gasteiger partial charge in [0.25, 0.3) is 0 Å². The van der Waals surface area contributed by atoms with E-state index in [4.69, 9.17) is 33.5 Å². The van der Waals surface area contributed by atoms with E-state index < -0.39 is 17.7 Å². The van der Waals surface area contributed by atoms with Crippen molar-refractivity contribution in [1.29, 1.82) is 0 Å². The maximum Gasteiger partial charge on any atom is 0.201 e. The zero-order valence-corrected chi connectivity index (χ0v) is 31.4. The Balaban J connectivity index is 0.849. The fourth-order valence-electron chi connectivity index (χ4n) is 15.0. The third-order valence-corrected chi connectivity index (χ3v) is 17.7. The molecule has 0 N–H and O–H groups in total. The first-order chi connectivity index (χ1) is 23.4. The second-order valence-corrected chi connectivity index (χ2v) is 20.1. The normalized spacial score (nSPS) is 62.0. The lowest BCUT2D eigenvalue weighted by Gasteiger charge is -2.61. The van der Waals surface area contributed by atoms with Crippen molar-refractivity contribution < 1.29 is 33.5 Å². The van der Waals surface area contributed by atoms with Crippen molar-refractivity contribution in [1.82, 2.24) is 0 Å². The van der Waals surface area contributed by atoms with Gasteiger partial charge in [0, 0.05) is 30.6 Å². The summed E-state index contributed by atoms with van der Waals surface area (Å²) in [7, 11) is 0. The van der Waals surface area contributed by atoms with Crippen LogP contribution in [0.15, 0.2) is 11.6 Å². The molecular formula is C42H64O7. The molecule has 49 heavy (non-hydrogen) atoms. The Hall–Kier alpha value is -0.540. The van der Waals surface area contributed by atoms with Crippen molar-refractivity contribution in [2.45, 2.75) is 174 Å². The largest absolute Gasteiger partial charge is 0.349 e. The van der Waals surface area contributed by atoms with Crippen LogP contribution in [0.4, 0.5) is 0 Å². The van der Waals surface area contributed by atoms with Crippen LogP contribution in [0.2, 0.25) is 0 Å². The summed E-state index contributed by atoms with van der Waals surface area (Å²) in [5.41, 5.74) is 1.77. The fourth-order valence-corrected chi connectivity index (χ4v) is 15.0. The Morgan fingerprint density at radius 2 is 1.63 bits per heavy atom. The lowest BCUT2D eigenvalue weighted by atomic mass is 9.47. The van der Waals surface area contributed by atoms with Gasteiger partial charge in [-0.2, -0.15) is 0 Å². The summed E-state index contributed by atoms with van der Waals surface area (Å²) < 4.78 is 34.2. The molecule has 5 aliphatic carbocycles. The summed E-state index contributed by atoms with van der Waals surface area (Å²) in [6.07, 6.45) is 17.6. The first kappa shape index (κ1) is 33.1. The molecule has 19 atom stereocenters. The number of fused-ring (bicyclic) bond motifs is 9. The predicted octanol–water partition coefficient (Wildman–Crippen LogP) is 8.95. The summed E-state index contributed by atoms with van der Waals surface area (Å²) in [6, 6.07) is 0. The summed E-state index contributed by atoms with van der Waals surface area (Å²) in [4.78, 5) is 12.5. The van der Waals surface area contributed by atoms with E-state index in [-0.39, 0.29) is 29.5 Å². The molecule has 6 saturated heterocycles. The Bertz CT molecular complexity index is 1360. The Kier molecular flexibility index (Phi) is 7.43. The quantitative estimate of drug-likeness (QED) is 0.213. The molecule has 7 heteroatoms. The predicted molar refractivity (Wildman–Crippen MR) is 183 cm³/mol. The molecule has 6 heterocycles. The highest BCUT2D eigenvalue weighted by atomic mass is 17.3. The molecule has 10 fully saturated rings. The van der Waals surface area contributed by atoms with E-state index in [1.54, 1.807) is 5.57 Å². The Morgan fingerprint density at radius 3 is 2.45 bits per heavy atom. The highest BCUT2D eigenvalue weighted by Gasteiger charge is 2.71. The molecule has 2 bridgehead atoms. The Morgan fingerprint density at radius 1 is 0.796 bits per heavy atom. The van der Waals surface area contributed by atoms with Gasteiger partial charge in [0.05, 0.1) is 18.8 Å². The van der Waals surface area contributed by atoms with Crippen LogP contribution >= 0.6 is 0 Å². The van der Waals surface area contributed by atoms with Gasteiger partial charge < -0.3 is 23.7 Å². The van der Waals surface area contributed by atoms with Gasteiger partial charge in [-0.25, -0.2) is 9.78 Å². The summed E-state index contributed by atoms with van der Waals surface area (Å²) in [5, 5.41) is 0. The van der Waals surface area contributed by atoms with Crippen LogP contribution < -0.4 is 0 Å². The molecule has 11 aliphatic rings. The van der Waals surface area contributed by atoms with Crippen molar-refractivity contribution in [3.8, 4) is 0 Å². The molecule has 4 saturated carbocycles. The second kappa shape index (κ2) is 11.0. The molecule has 0 aromatic heterocycles. The number of rotatable bonds is 2. The molecule has 11 rings (SSSR count). The minimum Gasteiger partial charge on any atom is -0.349 e. The van der Waals surface area contributed by atoms with Crippen molar-refractivity contribution in [2.24, 2.45) is 70.0 Å². The van der Waals surface area contributed by atoms with Crippen molar-refractivity contribution >= 4 is 0 Å². The minimum absolute atomic E-state index is 0.190. The highest BCUT2D eigenvalue weighted by Crippen LogP contribution is 2.71. The molecule has 0 radical (unpaired) electrons. The third-order valence-electron chi connectivity index (χ3n) is 17.7. The summed E-state index contributed by atoms with van der Waals surface area (Å²) >= 11 is 0. The smallest absolute Gasteiger partial charge is 0.201 e. The number of hydrogen-bond donors (Lipinski definition) is 0. The molecule has 7 nitrogen and oxygen atoms in total. The van der Waals surface area contributed by atoms with Crippen LogP contribution in [0, 0.1) is 70.0 Å². The van der Waals surface area contributed by atoms with Crippen LogP contribution in [0.1, 0.15) is 132 Å². The van der Waals surface area contributed by atoms with Gasteiger partial charge in [0.15, 0.2) is 24.0 Å². The second-order valence-electron chi connectivity index (χ2n) is 20.1. The standard InChI is InChI=1S/C42H64O7/c1-23-12-19-41(43-22-23)26(4)35-34(46-41)21-33-29-10-9-27-20-28(13-16-38(27,5)32(29)14-17-39(33,35)6)44-36-25(3)31-11-8-24(2)30-15-18-40(7)47-37(45-36)42(30,31)49-48-40/h9,23-26,28-37H,8,10-22H2,1-7H3/t23?,24-,25-,26+,28+,29-,30+,31+,32+,33+,34+,35+,36+,37-,38+,39+,40+,41+,42-/m1/s1. The number of ether oxygens (including phenoxy) is 5. The van der Waals surface area contributed by atoms with Gasteiger partial charge in [0.1, 0.15) is 0 Å². The van der Waals surface area contributed by atoms with E-state index in [0.717, 1.165) is 62.9 Å². The van der Waals surface area contributed by atoms with E-state index in [1.165, 1.54) is 44.9 Å². The average molecular weight is 681 g/mol. The maximum absolute atomic E-state index is 7.06. The lowest BCUT2D eigenvalue weighted by molar-refractivity contribution is -0.578. The van der Waals surface area contributed by atoms with Crippen LogP contribution in [0.5, 0.6) is 0 Å². The van der Waals surface area contributed by atoms with Crippen molar-refractivity contribution in [3.05, 3.63) is 11.6 Å². The lowest BCUT2D eigenvalue weighted by Crippen LogP contribution is -2.70. The van der Waals surface area contributed by atoms with Gasteiger partial charge in [-0.05, 0) is 130 Å². The summed E-state index contributed by atoms with van der Waals surface area (Å²) in [6.45, 7) is 17.7. The zero-order valence-electron chi connectivity index (χ0n) is 31.4. The van der Waals surface area contributed by atoms with Gasteiger partial charge in [-0.15, -0.1) is 0 Å². The highest BCUT2D eigenvalue weighted by molar-refractivity contribution is 5.26. The number of allylic oxidation sites excluding steroid dienone is 1. The topological polar surface area (TPSA) is 64.6 Å². The first-order valence-electron chi connectivity index (χ1n) is 20.8. The molecular weight excluding hydrogens is 616 g/mol. The van der Waals surface area contributed by atoms with Gasteiger partial charge in [0.2, 0.25) is 5.79 Å². The van der Waals surface area contributed by atoms with E-state index >= 15 is 0 Å². The number of hydrogen-bond acceptors (Lipinski definition) is 7. The van der Waals surface area contributed by atoms with Crippen LogP contribution in [0.25, 0.3) is 0 Å². The zero-order chi connectivity index (χ0) is 33.7. The van der Waals surface area contributed by atoms with Crippen LogP contribution in [0.3, 0.4) is 0 Å². The Labute approximate surface area is 295 Å². The van der Waals surface area contributed by atoms with E-state index in [2.05, 4.69) is 47.6 Å². The first-order valence-corrected chi connectivity index (χ1v) is 20.8. The van der Waals surface area contributed by atoms with Crippen molar-refractivity contribution in [3.63, 3.8) is 0 Å². The molecule has 0 aromatic carbocycles. The molecule has 0 aromatic rings. The van der Waals surface area contributed by atoms with E-state index in [0.29, 0.717) is 47.0 Å². The van der Waals surface area contributed by atoms with E-state index in [9.17, 15) is 0 Å². The molecule has 0 amide bonds. The van der Waals surface area contributed by atoms with Gasteiger partial charge >= 0.3 is 0 Å². The van der Waals surface area contributed by atoms with Crippen LogP contribution in [-0.2, 0) is 33.5 Å². The monoisotopic (exact) mass is 680 g/mol. The molecule has 1 unspecified atom stereocenters. The molecule has 274 valence electrons. The molecule has 6 aliphatic heterocycles. The average Bonchev–Trinajstić information content (AvgIpc) is 3.39. The minimum atomic E-state index is -0.749. The SMILES string of the molecule is CC1CC[C@]2(OC1)O[C@H]1C[C@H]3[C@@H]4CC=C5C[C@@H](O[C@H]6O[C@@H]7O[C@]8(C)CC[C@H]9[C@H](C)CC[C@@H]([C@H]6C)[C@@]79OO8)CC[C@]5(C)[C@H]4CC[C@]3(C)[C@H]1[C@@H]2C.